The van der Waals surface area contributed by atoms with Crippen LogP contribution in [-0.2, 0) is 0 Å². The Balaban J connectivity index is 2.25. The molecule has 0 amide bonds. The van der Waals surface area contributed by atoms with Gasteiger partial charge in [-0.2, -0.15) is 4.98 Å². The first kappa shape index (κ1) is 13.4. The van der Waals surface area contributed by atoms with Gasteiger partial charge in [0.2, 0.25) is 5.88 Å². The highest BCUT2D eigenvalue weighted by Crippen LogP contribution is 2.28. The fourth-order valence-electron chi connectivity index (χ4n) is 2.52. The Labute approximate surface area is 109 Å². The predicted molar refractivity (Wildman–Crippen MR) is 71.8 cm³/mol. The van der Waals surface area contributed by atoms with Crippen molar-refractivity contribution in [1.29, 1.82) is 0 Å². The molecule has 2 heterocycles. The van der Waals surface area contributed by atoms with Crippen LogP contribution >= 0.6 is 0 Å². The monoisotopic (exact) mass is 252 g/mol. The van der Waals surface area contributed by atoms with Crippen molar-refractivity contribution >= 4 is 0 Å². The molecule has 0 aromatic carbocycles. The fraction of sp³-hybridized carbons (Fsp3) is 0.769. The van der Waals surface area contributed by atoms with Crippen LogP contribution < -0.4 is 0 Å². The van der Waals surface area contributed by atoms with E-state index in [0.29, 0.717) is 0 Å². The number of imidazole rings is 1. The summed E-state index contributed by atoms with van der Waals surface area (Å²) in [4.78, 5) is 12.2. The van der Waals surface area contributed by atoms with E-state index in [9.17, 15) is 5.11 Å². The normalized spacial score (nSPS) is 23.5. The number of likely N-dealkylation sites (N-methyl/N-ethyl adjacent to an activating group) is 2. The van der Waals surface area contributed by atoms with E-state index in [4.69, 9.17) is 0 Å². The van der Waals surface area contributed by atoms with Gasteiger partial charge in [-0.3, -0.25) is 4.90 Å². The Morgan fingerprint density at radius 3 is 2.67 bits per heavy atom. The van der Waals surface area contributed by atoms with Gasteiger partial charge in [0.05, 0.1) is 11.7 Å². The summed E-state index contributed by atoms with van der Waals surface area (Å²) in [7, 11) is 4.26. The van der Waals surface area contributed by atoms with Crippen molar-refractivity contribution in [3.63, 3.8) is 0 Å². The molecule has 1 aromatic heterocycles. The van der Waals surface area contributed by atoms with Crippen LogP contribution in [0.25, 0.3) is 0 Å². The Morgan fingerprint density at radius 1 is 1.33 bits per heavy atom. The van der Waals surface area contributed by atoms with E-state index in [1.807, 2.05) is 0 Å². The average molecular weight is 252 g/mol. The van der Waals surface area contributed by atoms with Crippen molar-refractivity contribution in [3.05, 3.63) is 11.5 Å². The maximum atomic E-state index is 9.88. The highest BCUT2D eigenvalue weighted by molar-refractivity contribution is 5.24. The van der Waals surface area contributed by atoms with Crippen LogP contribution in [0.3, 0.4) is 0 Å². The summed E-state index contributed by atoms with van der Waals surface area (Å²) in [5.74, 6) is 1.30. The molecule has 0 spiro atoms. The predicted octanol–water partition coefficient (Wildman–Crippen LogP) is 1.55. The molecule has 1 aromatic rings. The van der Waals surface area contributed by atoms with Crippen LogP contribution in [0.4, 0.5) is 0 Å². The average Bonchev–Trinajstić information content (AvgIpc) is 2.59. The molecule has 1 saturated heterocycles. The third-order valence-corrected chi connectivity index (χ3v) is 3.69. The summed E-state index contributed by atoms with van der Waals surface area (Å²) in [6, 6.07) is 0.232. The summed E-state index contributed by atoms with van der Waals surface area (Å²) in [6.45, 7) is 7.24. The number of hydrogen-bond acceptors (Lipinski definition) is 4. The van der Waals surface area contributed by atoms with E-state index in [1.54, 1.807) is 0 Å². The van der Waals surface area contributed by atoms with Crippen LogP contribution in [0.1, 0.15) is 43.7 Å². The van der Waals surface area contributed by atoms with Gasteiger partial charge in [-0.05, 0) is 39.5 Å². The van der Waals surface area contributed by atoms with Gasteiger partial charge in [0.15, 0.2) is 0 Å². The maximum absolute atomic E-state index is 9.88. The lowest BCUT2D eigenvalue weighted by Crippen LogP contribution is -2.31. The Hall–Kier alpha value is -1.07. The minimum absolute atomic E-state index is 0.153. The minimum Gasteiger partial charge on any atom is -0.492 e. The number of rotatable bonds is 2. The van der Waals surface area contributed by atoms with E-state index in [1.165, 1.54) is 6.42 Å². The number of H-pyrrole nitrogens is 1. The van der Waals surface area contributed by atoms with E-state index < -0.39 is 0 Å². The molecule has 1 fully saturated rings. The van der Waals surface area contributed by atoms with Crippen LogP contribution in [0, 0.1) is 0 Å². The second-order valence-corrected chi connectivity index (χ2v) is 5.63. The molecular formula is C13H24N4O. The van der Waals surface area contributed by atoms with Gasteiger partial charge in [-0.1, -0.05) is 13.8 Å². The van der Waals surface area contributed by atoms with Crippen molar-refractivity contribution in [2.75, 3.05) is 33.7 Å². The molecule has 1 aliphatic heterocycles. The Morgan fingerprint density at radius 2 is 2.06 bits per heavy atom. The summed E-state index contributed by atoms with van der Waals surface area (Å²) >= 11 is 0. The number of hydrogen-bond donors (Lipinski definition) is 2. The first-order chi connectivity index (χ1) is 8.49. The summed E-state index contributed by atoms with van der Waals surface area (Å²) < 4.78 is 0. The fourth-order valence-corrected chi connectivity index (χ4v) is 2.52. The highest BCUT2D eigenvalue weighted by Gasteiger charge is 2.26. The van der Waals surface area contributed by atoms with Gasteiger partial charge >= 0.3 is 0 Å². The van der Waals surface area contributed by atoms with Crippen LogP contribution in [0.2, 0.25) is 0 Å². The Bertz CT molecular complexity index is 402. The zero-order valence-corrected chi connectivity index (χ0v) is 11.8. The lowest BCUT2D eigenvalue weighted by atomic mass is 10.1. The second kappa shape index (κ2) is 5.28. The molecule has 1 unspecified atom stereocenters. The highest BCUT2D eigenvalue weighted by atomic mass is 16.3. The third kappa shape index (κ3) is 2.67. The van der Waals surface area contributed by atoms with Gasteiger partial charge in [0.25, 0.3) is 0 Å². The molecule has 0 radical (unpaired) electrons. The third-order valence-electron chi connectivity index (χ3n) is 3.69. The number of nitrogens with zero attached hydrogens (tertiary/aromatic N) is 3. The summed E-state index contributed by atoms with van der Waals surface area (Å²) in [6.07, 6.45) is 1.17. The smallest absolute Gasteiger partial charge is 0.232 e. The number of aromatic amines is 1. The molecule has 2 N–H and O–H groups in total. The lowest BCUT2D eigenvalue weighted by molar-refractivity contribution is 0.220. The zero-order valence-electron chi connectivity index (χ0n) is 11.8. The van der Waals surface area contributed by atoms with Crippen molar-refractivity contribution in [2.24, 2.45) is 0 Å². The number of aromatic nitrogens is 2. The quantitative estimate of drug-likeness (QED) is 0.838. The first-order valence-electron chi connectivity index (χ1n) is 6.66. The zero-order chi connectivity index (χ0) is 13.3. The van der Waals surface area contributed by atoms with Crippen molar-refractivity contribution in [1.82, 2.24) is 19.8 Å². The molecular weight excluding hydrogens is 228 g/mol. The molecule has 18 heavy (non-hydrogen) atoms. The molecule has 0 aliphatic carbocycles. The molecule has 5 nitrogen and oxygen atoms in total. The van der Waals surface area contributed by atoms with Gasteiger partial charge in [0, 0.05) is 6.54 Å². The largest absolute Gasteiger partial charge is 0.492 e. The number of nitrogens with one attached hydrogen (secondary N) is 1. The standard InChI is InChI=1S/C13H24N4O/c1-9(2)11-13(18)15-12(14-11)10-8-16(3)6-5-7-17(10)4/h9-10,18H,5-8H2,1-4H3,(H,14,15). The van der Waals surface area contributed by atoms with Crippen LogP contribution in [-0.4, -0.2) is 58.6 Å². The van der Waals surface area contributed by atoms with E-state index in [0.717, 1.165) is 31.2 Å². The van der Waals surface area contributed by atoms with Gasteiger partial charge in [-0.15, -0.1) is 0 Å². The van der Waals surface area contributed by atoms with Crippen LogP contribution in [0.5, 0.6) is 5.88 Å². The molecule has 2 rings (SSSR count). The van der Waals surface area contributed by atoms with E-state index in [-0.39, 0.29) is 17.8 Å². The SMILES string of the molecule is CC(C)c1[nH]c(C2CN(C)CCCN2C)nc1O. The van der Waals surface area contributed by atoms with Gasteiger partial charge in [-0.25, -0.2) is 0 Å². The van der Waals surface area contributed by atoms with Crippen LogP contribution in [0.15, 0.2) is 0 Å². The topological polar surface area (TPSA) is 55.4 Å². The molecule has 0 bridgehead atoms. The van der Waals surface area contributed by atoms with E-state index in [2.05, 4.69) is 47.7 Å². The summed E-state index contributed by atoms with van der Waals surface area (Å²) in [5, 5.41) is 9.88. The van der Waals surface area contributed by atoms with Gasteiger partial charge < -0.3 is 15.0 Å². The number of aromatic hydroxyl groups is 1. The maximum Gasteiger partial charge on any atom is 0.232 e. The van der Waals surface area contributed by atoms with E-state index >= 15 is 0 Å². The molecule has 5 heteroatoms. The first-order valence-corrected chi connectivity index (χ1v) is 6.66. The Kier molecular flexibility index (Phi) is 3.92. The molecule has 1 atom stereocenters. The van der Waals surface area contributed by atoms with Crippen molar-refractivity contribution in [2.45, 2.75) is 32.2 Å². The summed E-state index contributed by atoms with van der Waals surface area (Å²) in [5.41, 5.74) is 0.838. The van der Waals surface area contributed by atoms with Crippen molar-refractivity contribution < 1.29 is 5.11 Å². The molecule has 0 saturated carbocycles. The molecule has 1 aliphatic rings. The molecule has 102 valence electrons. The lowest BCUT2D eigenvalue weighted by Gasteiger charge is -2.25. The van der Waals surface area contributed by atoms with Gasteiger partial charge in [0.1, 0.15) is 5.82 Å². The van der Waals surface area contributed by atoms with Crippen molar-refractivity contribution in [3.8, 4) is 5.88 Å². The second-order valence-electron chi connectivity index (χ2n) is 5.63. The minimum atomic E-state index is 0.153.